The molecule has 0 saturated carbocycles. The number of furan rings is 1. The standard InChI is InChI=1S/C22H14ClN3O5S/c1-12-10-13(2-8-18(12)26(29)30)19-9-7-16(31-19)11-17-20(27)24-22(32)25(21(17)28)15-5-3-14(23)4-6-15/h2-11H,1H3,(H,24,27,32). The third kappa shape index (κ3) is 4.03. The molecule has 160 valence electrons. The molecule has 0 unspecified atom stereocenters. The second kappa shape index (κ2) is 8.37. The van der Waals surface area contributed by atoms with Crippen LogP contribution in [0.2, 0.25) is 5.02 Å². The van der Waals surface area contributed by atoms with E-state index in [1.54, 1.807) is 55.5 Å². The Morgan fingerprint density at radius 3 is 2.50 bits per heavy atom. The molecule has 32 heavy (non-hydrogen) atoms. The quantitative estimate of drug-likeness (QED) is 0.197. The van der Waals surface area contributed by atoms with E-state index in [4.69, 9.17) is 28.2 Å². The number of aryl methyl sites for hydroxylation is 1. The number of hydrogen-bond acceptors (Lipinski definition) is 6. The van der Waals surface area contributed by atoms with Gasteiger partial charge in [-0.2, -0.15) is 0 Å². The molecular formula is C22H14ClN3O5S. The fourth-order valence-electron chi connectivity index (χ4n) is 3.22. The van der Waals surface area contributed by atoms with Crippen molar-refractivity contribution in [2.75, 3.05) is 4.90 Å². The smallest absolute Gasteiger partial charge is 0.272 e. The van der Waals surface area contributed by atoms with Crippen LogP contribution < -0.4 is 10.2 Å². The Hall–Kier alpha value is -3.82. The number of halogens is 1. The lowest BCUT2D eigenvalue weighted by Gasteiger charge is -2.28. The van der Waals surface area contributed by atoms with E-state index in [0.717, 1.165) is 0 Å². The number of hydrogen-bond donors (Lipinski definition) is 1. The molecule has 3 aromatic rings. The lowest BCUT2D eigenvalue weighted by atomic mass is 10.1. The first-order valence-corrected chi connectivity index (χ1v) is 10.1. The molecule has 8 nitrogen and oxygen atoms in total. The van der Waals surface area contributed by atoms with Crippen LogP contribution in [0.1, 0.15) is 11.3 Å². The van der Waals surface area contributed by atoms with Crippen LogP contribution in [0, 0.1) is 17.0 Å². The van der Waals surface area contributed by atoms with Crippen molar-refractivity contribution in [3.63, 3.8) is 0 Å². The van der Waals surface area contributed by atoms with Gasteiger partial charge in [0.1, 0.15) is 17.1 Å². The average molecular weight is 468 g/mol. The lowest BCUT2D eigenvalue weighted by molar-refractivity contribution is -0.385. The van der Waals surface area contributed by atoms with E-state index in [-0.39, 0.29) is 22.1 Å². The van der Waals surface area contributed by atoms with Crippen LogP contribution in [0.5, 0.6) is 0 Å². The van der Waals surface area contributed by atoms with Crippen molar-refractivity contribution in [1.29, 1.82) is 0 Å². The Kier molecular flexibility index (Phi) is 5.60. The van der Waals surface area contributed by atoms with Gasteiger partial charge < -0.3 is 4.42 Å². The average Bonchev–Trinajstić information content (AvgIpc) is 3.21. The molecule has 10 heteroatoms. The summed E-state index contributed by atoms with van der Waals surface area (Å²) in [5.41, 5.74) is 1.41. The molecule has 1 fully saturated rings. The minimum absolute atomic E-state index is 0.00498. The molecule has 1 saturated heterocycles. The predicted octanol–water partition coefficient (Wildman–Crippen LogP) is 4.65. The van der Waals surface area contributed by atoms with Gasteiger partial charge in [-0.3, -0.25) is 29.9 Å². The molecule has 2 aromatic carbocycles. The number of thiocarbonyl (C=S) groups is 1. The second-order valence-corrected chi connectivity index (χ2v) is 7.72. The van der Waals surface area contributed by atoms with Crippen molar-refractivity contribution in [2.24, 2.45) is 0 Å². The van der Waals surface area contributed by atoms with Crippen LogP contribution >= 0.6 is 23.8 Å². The van der Waals surface area contributed by atoms with Gasteiger partial charge in [0.25, 0.3) is 17.5 Å². The van der Waals surface area contributed by atoms with Gasteiger partial charge in [-0.25, -0.2) is 0 Å². The summed E-state index contributed by atoms with van der Waals surface area (Å²) in [7, 11) is 0. The summed E-state index contributed by atoms with van der Waals surface area (Å²) in [5.74, 6) is -0.554. The van der Waals surface area contributed by atoms with Gasteiger partial charge >= 0.3 is 0 Å². The Morgan fingerprint density at radius 2 is 1.84 bits per heavy atom. The number of amides is 2. The predicted molar refractivity (Wildman–Crippen MR) is 123 cm³/mol. The molecule has 1 aliphatic rings. The van der Waals surface area contributed by atoms with Crippen molar-refractivity contribution >= 4 is 58.2 Å². The number of benzene rings is 2. The molecule has 1 aliphatic heterocycles. The minimum Gasteiger partial charge on any atom is -0.457 e. The minimum atomic E-state index is -0.644. The van der Waals surface area contributed by atoms with Gasteiger partial charge in [-0.1, -0.05) is 11.6 Å². The normalized spacial score (nSPS) is 15.2. The molecule has 0 atom stereocenters. The van der Waals surface area contributed by atoms with Gasteiger partial charge in [0.15, 0.2) is 5.11 Å². The highest BCUT2D eigenvalue weighted by molar-refractivity contribution is 7.80. The monoisotopic (exact) mass is 467 g/mol. The maximum Gasteiger partial charge on any atom is 0.272 e. The fraction of sp³-hybridized carbons (Fsp3) is 0.0455. The number of carbonyl (C=O) groups excluding carboxylic acids is 2. The van der Waals surface area contributed by atoms with E-state index in [0.29, 0.717) is 27.6 Å². The Bertz CT molecular complexity index is 1310. The number of carbonyl (C=O) groups is 2. The van der Waals surface area contributed by atoms with Gasteiger partial charge in [0, 0.05) is 22.2 Å². The van der Waals surface area contributed by atoms with Crippen molar-refractivity contribution in [3.05, 3.63) is 86.6 Å². The third-order valence-corrected chi connectivity index (χ3v) is 5.31. The molecule has 1 N–H and O–H groups in total. The highest BCUT2D eigenvalue weighted by Gasteiger charge is 2.34. The first-order valence-electron chi connectivity index (χ1n) is 9.27. The summed E-state index contributed by atoms with van der Waals surface area (Å²) >= 11 is 11.1. The van der Waals surface area contributed by atoms with Gasteiger partial charge in [0.2, 0.25) is 0 Å². The van der Waals surface area contributed by atoms with Crippen molar-refractivity contribution in [1.82, 2.24) is 5.32 Å². The Labute approximate surface area is 192 Å². The third-order valence-electron chi connectivity index (χ3n) is 4.78. The molecule has 2 amide bonds. The molecular weight excluding hydrogens is 454 g/mol. The van der Waals surface area contributed by atoms with Crippen LogP contribution in [-0.4, -0.2) is 21.9 Å². The molecule has 0 aliphatic carbocycles. The molecule has 0 radical (unpaired) electrons. The summed E-state index contributed by atoms with van der Waals surface area (Å²) in [6, 6.07) is 14.3. The van der Waals surface area contributed by atoms with Crippen molar-refractivity contribution in [3.8, 4) is 11.3 Å². The number of nitrogens with one attached hydrogen (secondary N) is 1. The Balaban J connectivity index is 1.65. The molecule has 0 bridgehead atoms. The topological polar surface area (TPSA) is 106 Å². The number of nitro groups is 1. The highest BCUT2D eigenvalue weighted by atomic mass is 35.5. The second-order valence-electron chi connectivity index (χ2n) is 6.89. The zero-order valence-electron chi connectivity index (χ0n) is 16.5. The van der Waals surface area contributed by atoms with Crippen LogP contribution in [0.4, 0.5) is 11.4 Å². The van der Waals surface area contributed by atoms with Crippen molar-refractivity contribution in [2.45, 2.75) is 6.92 Å². The number of rotatable bonds is 4. The zero-order valence-corrected chi connectivity index (χ0v) is 18.1. The number of nitrogens with zero attached hydrogens (tertiary/aromatic N) is 2. The van der Waals surface area contributed by atoms with Gasteiger partial charge in [-0.15, -0.1) is 0 Å². The van der Waals surface area contributed by atoms with E-state index < -0.39 is 16.7 Å². The van der Waals surface area contributed by atoms with Crippen LogP contribution in [0.3, 0.4) is 0 Å². The van der Waals surface area contributed by atoms with Gasteiger partial charge in [-0.05, 0) is 73.7 Å². The van der Waals surface area contributed by atoms with E-state index in [2.05, 4.69) is 5.32 Å². The lowest BCUT2D eigenvalue weighted by Crippen LogP contribution is -2.54. The summed E-state index contributed by atoms with van der Waals surface area (Å²) in [4.78, 5) is 37.2. The van der Waals surface area contributed by atoms with E-state index in [1.165, 1.54) is 17.0 Å². The molecule has 4 rings (SSSR count). The highest BCUT2D eigenvalue weighted by Crippen LogP contribution is 2.29. The van der Waals surface area contributed by atoms with Crippen LogP contribution in [-0.2, 0) is 9.59 Å². The SMILES string of the molecule is Cc1cc(-c2ccc(C=C3C(=O)NC(=S)N(c4ccc(Cl)cc4)C3=O)o2)ccc1[N+](=O)[O-]. The zero-order chi connectivity index (χ0) is 23.0. The first-order chi connectivity index (χ1) is 15.2. The maximum atomic E-state index is 13.0. The van der Waals surface area contributed by atoms with Crippen LogP contribution in [0.15, 0.2) is 64.6 Å². The number of nitro benzene ring substituents is 1. The van der Waals surface area contributed by atoms with E-state index in [9.17, 15) is 19.7 Å². The Morgan fingerprint density at radius 1 is 1.12 bits per heavy atom. The number of anilines is 1. The van der Waals surface area contributed by atoms with Gasteiger partial charge in [0.05, 0.1) is 10.6 Å². The summed E-state index contributed by atoms with van der Waals surface area (Å²) in [6.45, 7) is 1.63. The largest absolute Gasteiger partial charge is 0.457 e. The summed E-state index contributed by atoms with van der Waals surface area (Å²) < 4.78 is 5.76. The molecule has 2 heterocycles. The van der Waals surface area contributed by atoms with E-state index >= 15 is 0 Å². The fourth-order valence-corrected chi connectivity index (χ4v) is 3.63. The van der Waals surface area contributed by atoms with Crippen molar-refractivity contribution < 1.29 is 18.9 Å². The van der Waals surface area contributed by atoms with Crippen LogP contribution in [0.25, 0.3) is 17.4 Å². The maximum absolute atomic E-state index is 13.0. The van der Waals surface area contributed by atoms with E-state index in [1.807, 2.05) is 0 Å². The summed E-state index contributed by atoms with van der Waals surface area (Å²) in [6.07, 6.45) is 1.32. The molecule has 1 aromatic heterocycles. The summed E-state index contributed by atoms with van der Waals surface area (Å²) in [5, 5.41) is 14.0. The first kappa shape index (κ1) is 21.4. The molecule has 0 spiro atoms.